The molecule has 4 nitrogen and oxygen atoms in total. The third kappa shape index (κ3) is 3.06. The predicted molar refractivity (Wildman–Crippen MR) is 80.1 cm³/mol. The van der Waals surface area contributed by atoms with Crippen molar-refractivity contribution in [1.82, 2.24) is 9.88 Å². The molecule has 1 aromatic carbocycles. The molecule has 0 saturated carbocycles. The molecule has 2 rings (SSSR count). The summed E-state index contributed by atoms with van der Waals surface area (Å²) in [6, 6.07) is 11.3. The summed E-state index contributed by atoms with van der Waals surface area (Å²) in [5.41, 5.74) is 6.71. The summed E-state index contributed by atoms with van der Waals surface area (Å²) in [5.74, 6) is -0.152. The number of thiocarbonyl (C=S) groups is 1. The number of rotatable bonds is 4. The van der Waals surface area contributed by atoms with Crippen molar-refractivity contribution in [3.8, 4) is 0 Å². The SMILES string of the molecule is CCN(CC(N)=S)C(=O)c1ccc2ccccc2n1. The Morgan fingerprint density at radius 1 is 1.32 bits per heavy atom. The summed E-state index contributed by atoms with van der Waals surface area (Å²) in [4.78, 5) is 18.6. The number of nitrogens with two attached hydrogens (primary N) is 1. The molecule has 0 aliphatic heterocycles. The zero-order chi connectivity index (χ0) is 13.8. The first-order chi connectivity index (χ1) is 9.11. The van der Waals surface area contributed by atoms with Crippen LogP contribution >= 0.6 is 12.2 Å². The molecule has 5 heteroatoms. The van der Waals surface area contributed by atoms with Gasteiger partial charge >= 0.3 is 0 Å². The number of pyridine rings is 1. The highest BCUT2D eigenvalue weighted by Gasteiger charge is 2.16. The van der Waals surface area contributed by atoms with Crippen molar-refractivity contribution in [3.63, 3.8) is 0 Å². The maximum atomic E-state index is 12.3. The highest BCUT2D eigenvalue weighted by Crippen LogP contribution is 2.13. The minimum atomic E-state index is -0.152. The minimum Gasteiger partial charge on any atom is -0.392 e. The standard InChI is InChI=1S/C14H15N3OS/c1-2-17(9-13(15)19)14(18)12-8-7-10-5-3-4-6-11(10)16-12/h3-8H,2,9H2,1H3,(H2,15,19). The quantitative estimate of drug-likeness (QED) is 0.865. The molecular formula is C14H15N3OS. The lowest BCUT2D eigenvalue weighted by Crippen LogP contribution is -2.37. The van der Waals surface area contributed by atoms with Gasteiger partial charge in [0.2, 0.25) is 0 Å². The fourth-order valence-corrected chi connectivity index (χ4v) is 2.02. The first-order valence-corrected chi connectivity index (χ1v) is 6.46. The highest BCUT2D eigenvalue weighted by molar-refractivity contribution is 7.80. The number of para-hydroxylation sites is 1. The zero-order valence-corrected chi connectivity index (χ0v) is 11.5. The number of hydrogen-bond donors (Lipinski definition) is 1. The summed E-state index contributed by atoms with van der Waals surface area (Å²) in [5, 5.41) is 1.01. The number of aromatic nitrogens is 1. The number of carbonyl (C=O) groups excluding carboxylic acids is 1. The molecule has 0 radical (unpaired) electrons. The van der Waals surface area contributed by atoms with E-state index < -0.39 is 0 Å². The second-order valence-corrected chi connectivity index (χ2v) is 4.70. The molecule has 1 aromatic heterocycles. The normalized spacial score (nSPS) is 10.4. The first kappa shape index (κ1) is 13.4. The van der Waals surface area contributed by atoms with Gasteiger partial charge in [-0.1, -0.05) is 36.5 Å². The molecule has 2 aromatic rings. The number of hydrogen-bond acceptors (Lipinski definition) is 3. The van der Waals surface area contributed by atoms with Crippen LogP contribution in [0.15, 0.2) is 36.4 Å². The van der Waals surface area contributed by atoms with Gasteiger partial charge in [0.15, 0.2) is 0 Å². The van der Waals surface area contributed by atoms with Crippen LogP contribution < -0.4 is 5.73 Å². The van der Waals surface area contributed by atoms with Gasteiger partial charge in [-0.2, -0.15) is 0 Å². The molecule has 1 heterocycles. The minimum absolute atomic E-state index is 0.152. The number of carbonyl (C=O) groups is 1. The van der Waals surface area contributed by atoms with E-state index in [1.54, 1.807) is 11.0 Å². The monoisotopic (exact) mass is 273 g/mol. The highest BCUT2D eigenvalue weighted by atomic mass is 32.1. The molecule has 0 aliphatic rings. The van der Waals surface area contributed by atoms with Gasteiger partial charge in [-0.25, -0.2) is 4.98 Å². The van der Waals surface area contributed by atoms with Crippen molar-refractivity contribution in [1.29, 1.82) is 0 Å². The van der Waals surface area contributed by atoms with Gasteiger partial charge in [0.25, 0.3) is 5.91 Å². The van der Waals surface area contributed by atoms with E-state index in [1.165, 1.54) is 0 Å². The van der Waals surface area contributed by atoms with E-state index in [4.69, 9.17) is 18.0 Å². The Morgan fingerprint density at radius 3 is 2.74 bits per heavy atom. The van der Waals surface area contributed by atoms with Crippen LogP contribution in [0.5, 0.6) is 0 Å². The largest absolute Gasteiger partial charge is 0.392 e. The van der Waals surface area contributed by atoms with Crippen LogP contribution in [0.3, 0.4) is 0 Å². The topological polar surface area (TPSA) is 59.2 Å². The fraction of sp³-hybridized carbons (Fsp3) is 0.214. The molecule has 0 unspecified atom stereocenters. The summed E-state index contributed by atoms with van der Waals surface area (Å²) in [7, 11) is 0. The van der Waals surface area contributed by atoms with Gasteiger partial charge in [0, 0.05) is 11.9 Å². The molecule has 0 fully saturated rings. The molecule has 19 heavy (non-hydrogen) atoms. The van der Waals surface area contributed by atoms with Crippen LogP contribution in [0.4, 0.5) is 0 Å². The Morgan fingerprint density at radius 2 is 2.05 bits per heavy atom. The van der Waals surface area contributed by atoms with E-state index in [-0.39, 0.29) is 12.5 Å². The molecule has 0 saturated heterocycles. The van der Waals surface area contributed by atoms with Crippen LogP contribution in [0.2, 0.25) is 0 Å². The fourth-order valence-electron chi connectivity index (χ4n) is 1.86. The molecule has 0 bridgehead atoms. The predicted octanol–water partition coefficient (Wildman–Crippen LogP) is 1.98. The Balaban J connectivity index is 2.32. The second kappa shape index (κ2) is 5.75. The van der Waals surface area contributed by atoms with Gasteiger partial charge < -0.3 is 10.6 Å². The lowest BCUT2D eigenvalue weighted by atomic mass is 10.2. The first-order valence-electron chi connectivity index (χ1n) is 6.05. The zero-order valence-electron chi connectivity index (χ0n) is 10.7. The van der Waals surface area contributed by atoms with E-state index in [2.05, 4.69) is 4.98 Å². The summed E-state index contributed by atoms with van der Waals surface area (Å²) >= 11 is 4.85. The Labute approximate surface area is 117 Å². The van der Waals surface area contributed by atoms with Crippen molar-refractivity contribution < 1.29 is 4.79 Å². The summed E-state index contributed by atoms with van der Waals surface area (Å²) in [6.45, 7) is 2.71. The van der Waals surface area contributed by atoms with Crippen LogP contribution in [-0.4, -0.2) is 33.9 Å². The van der Waals surface area contributed by atoms with Crippen molar-refractivity contribution in [2.45, 2.75) is 6.92 Å². The number of amides is 1. The van der Waals surface area contributed by atoms with Gasteiger partial charge in [0.1, 0.15) is 5.69 Å². The van der Waals surface area contributed by atoms with Gasteiger partial charge in [0.05, 0.1) is 17.0 Å². The average Bonchev–Trinajstić information content (AvgIpc) is 2.43. The summed E-state index contributed by atoms with van der Waals surface area (Å²) < 4.78 is 0. The molecular weight excluding hydrogens is 258 g/mol. The van der Waals surface area contributed by atoms with E-state index in [0.29, 0.717) is 17.2 Å². The molecule has 0 atom stereocenters. The average molecular weight is 273 g/mol. The van der Waals surface area contributed by atoms with E-state index >= 15 is 0 Å². The van der Waals surface area contributed by atoms with E-state index in [0.717, 1.165) is 10.9 Å². The molecule has 1 amide bonds. The van der Waals surface area contributed by atoms with Gasteiger partial charge in [-0.05, 0) is 19.1 Å². The van der Waals surface area contributed by atoms with Crippen molar-refractivity contribution in [2.75, 3.05) is 13.1 Å². The third-order valence-corrected chi connectivity index (χ3v) is 2.96. The Kier molecular flexibility index (Phi) is 4.06. The second-order valence-electron chi connectivity index (χ2n) is 4.17. The molecule has 0 spiro atoms. The number of benzene rings is 1. The van der Waals surface area contributed by atoms with Crippen LogP contribution in [0, 0.1) is 0 Å². The number of fused-ring (bicyclic) bond motifs is 1. The molecule has 98 valence electrons. The smallest absolute Gasteiger partial charge is 0.272 e. The Hall–Kier alpha value is -2.01. The Bertz CT molecular complexity index is 627. The van der Waals surface area contributed by atoms with Crippen LogP contribution in [-0.2, 0) is 0 Å². The van der Waals surface area contributed by atoms with Gasteiger partial charge in [-0.3, -0.25) is 4.79 Å². The van der Waals surface area contributed by atoms with Crippen LogP contribution in [0.25, 0.3) is 10.9 Å². The number of nitrogens with zero attached hydrogens (tertiary/aromatic N) is 2. The van der Waals surface area contributed by atoms with Gasteiger partial charge in [-0.15, -0.1) is 0 Å². The van der Waals surface area contributed by atoms with Crippen molar-refractivity contribution >= 4 is 34.0 Å². The van der Waals surface area contributed by atoms with E-state index in [9.17, 15) is 4.79 Å². The third-order valence-electron chi connectivity index (χ3n) is 2.83. The van der Waals surface area contributed by atoms with Crippen molar-refractivity contribution in [2.24, 2.45) is 5.73 Å². The molecule has 0 aliphatic carbocycles. The molecule has 2 N–H and O–H groups in total. The lowest BCUT2D eigenvalue weighted by molar-refractivity contribution is 0.0782. The van der Waals surface area contributed by atoms with Crippen molar-refractivity contribution in [3.05, 3.63) is 42.1 Å². The summed E-state index contributed by atoms with van der Waals surface area (Å²) in [6.07, 6.45) is 0. The number of likely N-dealkylation sites (N-methyl/N-ethyl adjacent to an activating group) is 1. The van der Waals surface area contributed by atoms with E-state index in [1.807, 2.05) is 37.3 Å². The van der Waals surface area contributed by atoms with Crippen LogP contribution in [0.1, 0.15) is 17.4 Å². The maximum absolute atomic E-state index is 12.3. The maximum Gasteiger partial charge on any atom is 0.272 e. The lowest BCUT2D eigenvalue weighted by Gasteiger charge is -2.19.